The van der Waals surface area contributed by atoms with Crippen molar-refractivity contribution in [3.05, 3.63) is 46.0 Å². The van der Waals surface area contributed by atoms with Gasteiger partial charge in [-0.3, -0.25) is 4.79 Å². The summed E-state index contributed by atoms with van der Waals surface area (Å²) in [6, 6.07) is 2.73. The fourth-order valence-corrected chi connectivity index (χ4v) is 1.63. The van der Waals surface area contributed by atoms with Gasteiger partial charge in [-0.25, -0.2) is 17.8 Å². The van der Waals surface area contributed by atoms with E-state index in [1.807, 2.05) is 0 Å². The number of halogens is 3. The lowest BCUT2D eigenvalue weighted by Gasteiger charge is -2.06. The number of anilines is 2. The van der Waals surface area contributed by atoms with Gasteiger partial charge >= 0.3 is 0 Å². The summed E-state index contributed by atoms with van der Waals surface area (Å²) >= 11 is 0. The first kappa shape index (κ1) is 12.2. The molecular weight excluding hydrogens is 277 g/mol. The van der Waals surface area contributed by atoms with Gasteiger partial charge in [-0.1, -0.05) is 0 Å². The molecule has 0 aliphatic rings. The summed E-state index contributed by atoms with van der Waals surface area (Å²) in [6.07, 6.45) is 0. The number of pyridine rings is 1. The Bertz CT molecular complexity index is 835. The zero-order valence-corrected chi connectivity index (χ0v) is 9.58. The van der Waals surface area contributed by atoms with Crippen molar-refractivity contribution in [3.8, 4) is 0 Å². The monoisotopic (exact) mass is 282 g/mol. The number of nitrogens with one attached hydrogen (secondary N) is 2. The molecule has 6 nitrogen and oxygen atoms in total. The lowest BCUT2D eigenvalue weighted by Crippen LogP contribution is -2.11. The summed E-state index contributed by atoms with van der Waals surface area (Å²) in [4.78, 5) is 14.0. The average molecular weight is 282 g/mol. The first-order chi connectivity index (χ1) is 9.54. The maximum absolute atomic E-state index is 13.1. The molecule has 2 heterocycles. The Labute approximate surface area is 108 Å². The minimum atomic E-state index is -1.58. The van der Waals surface area contributed by atoms with Crippen LogP contribution in [0.4, 0.5) is 24.5 Å². The molecule has 1 aromatic carbocycles. The van der Waals surface area contributed by atoms with Crippen molar-refractivity contribution in [3.63, 3.8) is 0 Å². The van der Waals surface area contributed by atoms with Gasteiger partial charge < -0.3 is 10.3 Å². The molecule has 20 heavy (non-hydrogen) atoms. The fourth-order valence-electron chi connectivity index (χ4n) is 1.63. The van der Waals surface area contributed by atoms with E-state index < -0.39 is 23.0 Å². The molecule has 0 atom stereocenters. The van der Waals surface area contributed by atoms with E-state index in [0.717, 1.165) is 12.1 Å². The van der Waals surface area contributed by atoms with Crippen molar-refractivity contribution >= 4 is 22.5 Å². The topological polar surface area (TPSA) is 83.8 Å². The molecule has 9 heteroatoms. The maximum atomic E-state index is 13.1. The Morgan fingerprint density at radius 2 is 1.80 bits per heavy atom. The molecule has 0 radical (unpaired) electrons. The van der Waals surface area contributed by atoms with Crippen LogP contribution in [-0.4, -0.2) is 15.3 Å². The van der Waals surface area contributed by atoms with Gasteiger partial charge in [0, 0.05) is 23.9 Å². The van der Waals surface area contributed by atoms with Crippen LogP contribution in [0.5, 0.6) is 0 Å². The van der Waals surface area contributed by atoms with Crippen molar-refractivity contribution in [2.24, 2.45) is 0 Å². The van der Waals surface area contributed by atoms with Crippen LogP contribution in [0.3, 0.4) is 0 Å². The van der Waals surface area contributed by atoms with Crippen molar-refractivity contribution < 1.29 is 17.8 Å². The highest BCUT2D eigenvalue weighted by molar-refractivity contribution is 5.74. The normalized spacial score (nSPS) is 10.9. The van der Waals surface area contributed by atoms with Crippen molar-refractivity contribution in [1.29, 1.82) is 0 Å². The van der Waals surface area contributed by atoms with Gasteiger partial charge in [-0.2, -0.15) is 0 Å². The van der Waals surface area contributed by atoms with E-state index in [1.165, 1.54) is 6.07 Å². The number of benzene rings is 1. The van der Waals surface area contributed by atoms with Gasteiger partial charge in [0.05, 0.1) is 0 Å². The number of nitrogens with zero attached hydrogens (tertiary/aromatic N) is 2. The molecule has 0 aliphatic carbocycles. The van der Waals surface area contributed by atoms with Gasteiger partial charge in [0.1, 0.15) is 5.69 Å². The molecule has 2 N–H and O–H groups in total. The quantitative estimate of drug-likeness (QED) is 0.703. The van der Waals surface area contributed by atoms with Gasteiger partial charge in [0.25, 0.3) is 5.56 Å². The maximum Gasteiger partial charge on any atom is 0.273 e. The molecule has 2 aromatic heterocycles. The SMILES string of the molecule is O=c1[nH]c2nonc2cc1Nc1cc(F)c(F)c(F)c1. The summed E-state index contributed by atoms with van der Waals surface area (Å²) in [6.45, 7) is 0. The Morgan fingerprint density at radius 1 is 1.10 bits per heavy atom. The van der Waals surface area contributed by atoms with Gasteiger partial charge in [0.2, 0.25) is 5.65 Å². The van der Waals surface area contributed by atoms with Gasteiger partial charge in [-0.05, 0) is 10.3 Å². The number of H-pyrrole nitrogens is 1. The number of rotatable bonds is 2. The second-order valence-corrected chi connectivity index (χ2v) is 3.89. The standard InChI is InChI=1S/C11H5F3N4O2/c12-5-1-4(2-6(13)9(5)14)15-8-3-7-10(16-11(8)19)18-20-17-7/h1-3,15H,(H,16,18,19). The van der Waals surface area contributed by atoms with Crippen LogP contribution in [0.1, 0.15) is 0 Å². The third kappa shape index (κ3) is 1.98. The van der Waals surface area contributed by atoms with Crippen molar-refractivity contribution in [2.75, 3.05) is 5.32 Å². The van der Waals surface area contributed by atoms with Crippen LogP contribution in [0.2, 0.25) is 0 Å². The minimum Gasteiger partial charge on any atom is -0.351 e. The van der Waals surface area contributed by atoms with E-state index in [4.69, 9.17) is 0 Å². The second-order valence-electron chi connectivity index (χ2n) is 3.89. The number of hydrogen-bond donors (Lipinski definition) is 2. The lowest BCUT2D eigenvalue weighted by molar-refractivity contribution is 0.314. The van der Waals surface area contributed by atoms with Crippen LogP contribution >= 0.6 is 0 Å². The Kier molecular flexibility index (Phi) is 2.67. The highest BCUT2D eigenvalue weighted by atomic mass is 19.2. The van der Waals surface area contributed by atoms with E-state index >= 15 is 0 Å². The summed E-state index contributed by atoms with van der Waals surface area (Å²) in [7, 11) is 0. The van der Waals surface area contributed by atoms with Gasteiger partial charge in [-0.15, -0.1) is 0 Å². The Morgan fingerprint density at radius 3 is 2.50 bits per heavy atom. The molecule has 0 bridgehead atoms. The van der Waals surface area contributed by atoms with Crippen LogP contribution in [0.25, 0.3) is 11.2 Å². The summed E-state index contributed by atoms with van der Waals surface area (Å²) in [5.41, 5.74) is -0.383. The smallest absolute Gasteiger partial charge is 0.273 e. The third-order valence-electron chi connectivity index (χ3n) is 2.53. The fraction of sp³-hybridized carbons (Fsp3) is 0. The molecule has 0 fully saturated rings. The van der Waals surface area contributed by atoms with Crippen molar-refractivity contribution in [2.45, 2.75) is 0 Å². The third-order valence-corrected chi connectivity index (χ3v) is 2.53. The largest absolute Gasteiger partial charge is 0.351 e. The number of aromatic amines is 1. The van der Waals surface area contributed by atoms with E-state index in [2.05, 4.69) is 25.2 Å². The summed E-state index contributed by atoms with van der Waals surface area (Å²) in [5, 5.41) is 9.40. The zero-order valence-electron chi connectivity index (χ0n) is 9.58. The van der Waals surface area contributed by atoms with E-state index in [-0.39, 0.29) is 22.5 Å². The second kappa shape index (κ2) is 4.37. The highest BCUT2D eigenvalue weighted by Gasteiger charge is 2.12. The number of aromatic nitrogens is 3. The van der Waals surface area contributed by atoms with Crippen LogP contribution in [-0.2, 0) is 0 Å². The molecule has 0 unspecified atom stereocenters. The molecule has 0 spiro atoms. The lowest BCUT2D eigenvalue weighted by atomic mass is 10.2. The number of hydrogen-bond acceptors (Lipinski definition) is 5. The first-order valence-electron chi connectivity index (χ1n) is 5.32. The van der Waals surface area contributed by atoms with E-state index in [1.54, 1.807) is 0 Å². The highest BCUT2D eigenvalue weighted by Crippen LogP contribution is 2.20. The molecule has 3 rings (SSSR count). The minimum absolute atomic E-state index is 0.0430. The first-order valence-corrected chi connectivity index (χ1v) is 5.32. The van der Waals surface area contributed by atoms with Crippen molar-refractivity contribution in [1.82, 2.24) is 15.3 Å². The number of fused-ring (bicyclic) bond motifs is 1. The predicted octanol–water partition coefficient (Wildman–Crippen LogP) is 2.07. The van der Waals surface area contributed by atoms with E-state index in [0.29, 0.717) is 0 Å². The van der Waals surface area contributed by atoms with E-state index in [9.17, 15) is 18.0 Å². The van der Waals surface area contributed by atoms with Crippen LogP contribution < -0.4 is 10.9 Å². The Balaban J connectivity index is 2.04. The van der Waals surface area contributed by atoms with Crippen LogP contribution in [0, 0.1) is 17.5 Å². The van der Waals surface area contributed by atoms with Crippen LogP contribution in [0.15, 0.2) is 27.6 Å². The Hall–Kier alpha value is -2.84. The zero-order chi connectivity index (χ0) is 14.3. The molecule has 0 saturated heterocycles. The van der Waals surface area contributed by atoms with Gasteiger partial charge in [0.15, 0.2) is 23.0 Å². The molecule has 3 aromatic rings. The summed E-state index contributed by atoms with van der Waals surface area (Å²) < 4.78 is 43.4. The molecule has 0 aliphatic heterocycles. The average Bonchev–Trinajstić information content (AvgIpc) is 2.83. The predicted molar refractivity (Wildman–Crippen MR) is 62.0 cm³/mol. The molecule has 102 valence electrons. The summed E-state index contributed by atoms with van der Waals surface area (Å²) in [5.74, 6) is -4.32. The molecular formula is C11H5F3N4O2. The molecule has 0 amide bonds. The molecule has 0 saturated carbocycles.